The van der Waals surface area contributed by atoms with E-state index in [1.54, 1.807) is 12.1 Å². The zero-order valence-electron chi connectivity index (χ0n) is 17.8. The van der Waals surface area contributed by atoms with Crippen molar-refractivity contribution in [1.82, 2.24) is 9.80 Å². The lowest BCUT2D eigenvalue weighted by molar-refractivity contribution is 0.0628. The number of aryl methyl sites for hydroxylation is 1. The van der Waals surface area contributed by atoms with Crippen molar-refractivity contribution >= 4 is 21.6 Å². The average Bonchev–Trinajstić information content (AvgIpc) is 3.03. The molecule has 0 radical (unpaired) electrons. The second-order valence-corrected chi connectivity index (χ2v) is 10.4. The summed E-state index contributed by atoms with van der Waals surface area (Å²) in [6.07, 6.45) is 1.86. The van der Waals surface area contributed by atoms with Gasteiger partial charge in [-0.1, -0.05) is 29.8 Å². The van der Waals surface area contributed by atoms with Crippen LogP contribution < -0.4 is 4.31 Å². The Morgan fingerprint density at radius 3 is 2.47 bits per heavy atom. The van der Waals surface area contributed by atoms with Crippen molar-refractivity contribution in [1.29, 1.82) is 0 Å². The number of anilines is 1. The van der Waals surface area contributed by atoms with Gasteiger partial charge in [0.2, 0.25) is 10.0 Å². The first kappa shape index (κ1) is 20.9. The van der Waals surface area contributed by atoms with Crippen molar-refractivity contribution in [2.24, 2.45) is 0 Å². The number of amides is 1. The Balaban J connectivity index is 1.41. The molecular formula is C23H29N3O3S. The molecule has 0 unspecified atom stereocenters. The molecule has 0 N–H and O–H groups in total. The van der Waals surface area contributed by atoms with Crippen LogP contribution in [0.2, 0.25) is 0 Å². The van der Waals surface area contributed by atoms with Gasteiger partial charge in [-0.2, -0.15) is 0 Å². The molecule has 4 rings (SSSR count). The largest absolute Gasteiger partial charge is 0.336 e. The summed E-state index contributed by atoms with van der Waals surface area (Å²) in [6, 6.07) is 13.8. The monoisotopic (exact) mass is 427 g/mol. The van der Waals surface area contributed by atoms with Crippen LogP contribution in [0.25, 0.3) is 0 Å². The fourth-order valence-electron chi connectivity index (χ4n) is 4.60. The minimum absolute atomic E-state index is 0.0264. The lowest BCUT2D eigenvalue weighted by Gasteiger charge is -2.35. The summed E-state index contributed by atoms with van der Waals surface area (Å²) in [5.74, 6) is 0.0264. The van der Waals surface area contributed by atoms with E-state index in [2.05, 4.69) is 36.1 Å². The van der Waals surface area contributed by atoms with Crippen LogP contribution in [-0.2, 0) is 23.0 Å². The van der Waals surface area contributed by atoms with Gasteiger partial charge in [0.05, 0.1) is 11.9 Å². The number of rotatable bonds is 4. The van der Waals surface area contributed by atoms with Crippen molar-refractivity contribution in [2.45, 2.75) is 32.9 Å². The van der Waals surface area contributed by atoms with Gasteiger partial charge in [0.1, 0.15) is 0 Å². The maximum absolute atomic E-state index is 13.0. The third-order valence-corrected chi connectivity index (χ3v) is 7.26. The third kappa shape index (κ3) is 4.23. The van der Waals surface area contributed by atoms with Crippen LogP contribution in [0.1, 0.15) is 34.0 Å². The van der Waals surface area contributed by atoms with Crippen molar-refractivity contribution in [3.05, 3.63) is 64.7 Å². The molecule has 30 heavy (non-hydrogen) atoms. The molecule has 1 atom stereocenters. The number of hydrogen-bond acceptors (Lipinski definition) is 4. The van der Waals surface area contributed by atoms with Gasteiger partial charge in [0.15, 0.2) is 0 Å². The van der Waals surface area contributed by atoms with Crippen LogP contribution in [0, 0.1) is 6.92 Å². The number of carbonyl (C=O) groups is 1. The van der Waals surface area contributed by atoms with Crippen LogP contribution >= 0.6 is 0 Å². The molecule has 0 aliphatic carbocycles. The Hall–Kier alpha value is -2.38. The predicted octanol–water partition coefficient (Wildman–Crippen LogP) is 2.66. The second kappa shape index (κ2) is 8.04. The Morgan fingerprint density at radius 2 is 1.80 bits per heavy atom. The molecule has 2 aliphatic rings. The van der Waals surface area contributed by atoms with Gasteiger partial charge in [0, 0.05) is 44.3 Å². The quantitative estimate of drug-likeness (QED) is 0.753. The van der Waals surface area contributed by atoms with Gasteiger partial charge in [-0.3, -0.25) is 14.0 Å². The van der Waals surface area contributed by atoms with Crippen molar-refractivity contribution in [3.8, 4) is 0 Å². The SMILES string of the molecule is Cc1cccc(CN2CCN(C(=O)c3ccc4c(c3)C[C@@H](C)N4S(C)(=O)=O)CC2)c1. The fourth-order valence-corrected chi connectivity index (χ4v) is 5.87. The molecule has 0 saturated carbocycles. The van der Waals surface area contributed by atoms with Gasteiger partial charge in [-0.25, -0.2) is 8.42 Å². The van der Waals surface area contributed by atoms with Crippen molar-refractivity contribution < 1.29 is 13.2 Å². The fraction of sp³-hybridized carbons (Fsp3) is 0.435. The van der Waals surface area contributed by atoms with Gasteiger partial charge in [-0.15, -0.1) is 0 Å². The van der Waals surface area contributed by atoms with E-state index in [0.29, 0.717) is 30.8 Å². The maximum Gasteiger partial charge on any atom is 0.253 e. The highest BCUT2D eigenvalue weighted by Crippen LogP contribution is 2.35. The highest BCUT2D eigenvalue weighted by Gasteiger charge is 2.33. The van der Waals surface area contributed by atoms with E-state index >= 15 is 0 Å². The molecule has 0 spiro atoms. The van der Waals surface area contributed by atoms with E-state index in [4.69, 9.17) is 0 Å². The molecule has 1 amide bonds. The summed E-state index contributed by atoms with van der Waals surface area (Å²) in [7, 11) is -3.32. The molecular weight excluding hydrogens is 398 g/mol. The zero-order chi connectivity index (χ0) is 21.5. The minimum Gasteiger partial charge on any atom is -0.336 e. The third-order valence-electron chi connectivity index (χ3n) is 5.99. The second-order valence-electron chi connectivity index (χ2n) is 8.51. The average molecular weight is 428 g/mol. The molecule has 2 aliphatic heterocycles. The van der Waals surface area contributed by atoms with Crippen molar-refractivity contribution in [2.75, 3.05) is 36.7 Å². The number of hydrogen-bond donors (Lipinski definition) is 0. The van der Waals surface area contributed by atoms with Gasteiger partial charge < -0.3 is 4.90 Å². The summed E-state index contributed by atoms with van der Waals surface area (Å²) in [5.41, 5.74) is 4.84. The topological polar surface area (TPSA) is 60.9 Å². The standard InChI is InChI=1S/C23H29N3O3S/c1-17-5-4-6-19(13-17)16-24-9-11-25(12-10-24)23(27)20-7-8-22-21(15-20)14-18(2)26(22)30(3,28)29/h4-8,13,15,18H,9-12,14,16H2,1-3H3/t18-/m1/s1. The smallest absolute Gasteiger partial charge is 0.253 e. The Labute approximate surface area is 179 Å². The minimum atomic E-state index is -3.32. The van der Waals surface area contributed by atoms with Gasteiger partial charge >= 0.3 is 0 Å². The first-order chi connectivity index (χ1) is 14.2. The lowest BCUT2D eigenvalue weighted by Crippen LogP contribution is -2.48. The first-order valence-corrected chi connectivity index (χ1v) is 12.3. The number of piperazine rings is 1. The summed E-state index contributed by atoms with van der Waals surface area (Å²) >= 11 is 0. The molecule has 1 fully saturated rings. The number of fused-ring (bicyclic) bond motifs is 1. The van der Waals surface area contributed by atoms with E-state index < -0.39 is 10.0 Å². The van der Waals surface area contributed by atoms with E-state index in [0.717, 1.165) is 25.2 Å². The number of benzene rings is 2. The van der Waals surface area contributed by atoms with Crippen LogP contribution in [0.15, 0.2) is 42.5 Å². The summed E-state index contributed by atoms with van der Waals surface area (Å²) in [6.45, 7) is 8.01. The number of carbonyl (C=O) groups excluding carboxylic acids is 1. The molecule has 6 nitrogen and oxygen atoms in total. The highest BCUT2D eigenvalue weighted by atomic mass is 32.2. The van der Waals surface area contributed by atoms with Crippen molar-refractivity contribution in [3.63, 3.8) is 0 Å². The molecule has 0 bridgehead atoms. The Bertz CT molecular complexity index is 1060. The number of sulfonamides is 1. The molecule has 2 aromatic carbocycles. The predicted molar refractivity (Wildman–Crippen MR) is 119 cm³/mol. The maximum atomic E-state index is 13.0. The summed E-state index contributed by atoms with van der Waals surface area (Å²) < 4.78 is 25.7. The Morgan fingerprint density at radius 1 is 1.07 bits per heavy atom. The molecule has 2 heterocycles. The van der Waals surface area contributed by atoms with Crippen LogP contribution in [-0.4, -0.2) is 62.6 Å². The summed E-state index contributed by atoms with van der Waals surface area (Å²) in [4.78, 5) is 17.3. The summed E-state index contributed by atoms with van der Waals surface area (Å²) in [5, 5.41) is 0. The van der Waals surface area contributed by atoms with Crippen LogP contribution in [0.3, 0.4) is 0 Å². The molecule has 160 valence electrons. The van der Waals surface area contributed by atoms with E-state index in [1.165, 1.54) is 21.7 Å². The first-order valence-electron chi connectivity index (χ1n) is 10.4. The van der Waals surface area contributed by atoms with Gasteiger partial charge in [-0.05, 0) is 49.6 Å². The Kier molecular flexibility index (Phi) is 5.59. The normalized spacial score (nSPS) is 19.8. The van der Waals surface area contributed by atoms with Crippen LogP contribution in [0.5, 0.6) is 0 Å². The molecule has 0 aromatic heterocycles. The van der Waals surface area contributed by atoms with Crippen LogP contribution in [0.4, 0.5) is 5.69 Å². The zero-order valence-corrected chi connectivity index (χ0v) is 18.7. The van der Waals surface area contributed by atoms with Gasteiger partial charge in [0.25, 0.3) is 5.91 Å². The molecule has 2 aromatic rings. The van der Waals surface area contributed by atoms with E-state index in [-0.39, 0.29) is 11.9 Å². The number of nitrogens with zero attached hydrogens (tertiary/aromatic N) is 3. The molecule has 7 heteroatoms. The van der Waals surface area contributed by atoms with E-state index in [9.17, 15) is 13.2 Å². The van der Waals surface area contributed by atoms with E-state index in [1.807, 2.05) is 17.9 Å². The molecule has 1 saturated heterocycles. The highest BCUT2D eigenvalue weighted by molar-refractivity contribution is 7.92. The lowest BCUT2D eigenvalue weighted by atomic mass is 10.1.